The second-order valence-corrected chi connectivity index (χ2v) is 5.82. The molecular weight excluding hydrogens is 471 g/mol. The molecule has 0 unspecified atom stereocenters. The Morgan fingerprint density at radius 1 is 1.11 bits per heavy atom. The van der Waals surface area contributed by atoms with Gasteiger partial charge in [-0.1, -0.05) is 6.07 Å². The van der Waals surface area contributed by atoms with E-state index in [-0.39, 0.29) is 24.0 Å². The van der Waals surface area contributed by atoms with Crippen molar-refractivity contribution < 1.29 is 9.47 Å². The molecule has 0 aliphatic heterocycles. The van der Waals surface area contributed by atoms with E-state index in [0.717, 1.165) is 42.8 Å². The van der Waals surface area contributed by atoms with Crippen molar-refractivity contribution in [3.8, 4) is 11.5 Å². The van der Waals surface area contributed by atoms with Crippen LogP contribution in [0.15, 0.2) is 29.5 Å². The maximum absolute atomic E-state index is 5.69. The van der Waals surface area contributed by atoms with Gasteiger partial charge in [0.1, 0.15) is 18.7 Å². The highest BCUT2D eigenvalue weighted by atomic mass is 127. The van der Waals surface area contributed by atoms with Crippen molar-refractivity contribution in [2.24, 2.45) is 12.0 Å². The predicted octanol–water partition coefficient (Wildman–Crippen LogP) is 2.53. The maximum Gasteiger partial charge on any atom is 0.191 e. The molecule has 0 radical (unpaired) electrons. The van der Waals surface area contributed by atoms with E-state index in [9.17, 15) is 0 Å². The summed E-state index contributed by atoms with van der Waals surface area (Å²) in [5.41, 5.74) is 1.18. The van der Waals surface area contributed by atoms with E-state index >= 15 is 0 Å². The van der Waals surface area contributed by atoms with Gasteiger partial charge in [-0.25, -0.2) is 9.98 Å². The van der Waals surface area contributed by atoms with Gasteiger partial charge in [0, 0.05) is 20.1 Å². The van der Waals surface area contributed by atoms with Crippen LogP contribution >= 0.6 is 24.0 Å². The molecule has 28 heavy (non-hydrogen) atoms. The van der Waals surface area contributed by atoms with E-state index in [4.69, 9.17) is 9.47 Å². The van der Waals surface area contributed by atoms with Gasteiger partial charge >= 0.3 is 0 Å². The molecule has 1 aromatic carbocycles. The van der Waals surface area contributed by atoms with E-state index in [1.54, 1.807) is 4.68 Å². The minimum atomic E-state index is 0. The number of guanidine groups is 1. The van der Waals surface area contributed by atoms with E-state index in [1.165, 1.54) is 11.9 Å². The van der Waals surface area contributed by atoms with Crippen LogP contribution in [-0.4, -0.2) is 47.0 Å². The molecule has 0 saturated carbocycles. The van der Waals surface area contributed by atoms with Crippen LogP contribution in [0, 0.1) is 0 Å². The van der Waals surface area contributed by atoms with Crippen molar-refractivity contribution in [2.75, 3.05) is 26.3 Å². The summed E-state index contributed by atoms with van der Waals surface area (Å²) >= 11 is 0. The minimum Gasteiger partial charge on any atom is -0.490 e. The molecular formula is C19H31IN6O2. The van der Waals surface area contributed by atoms with E-state index in [1.807, 2.05) is 40.0 Å². The summed E-state index contributed by atoms with van der Waals surface area (Å²) in [6.07, 6.45) is 2.38. The first-order valence-electron chi connectivity index (χ1n) is 9.41. The van der Waals surface area contributed by atoms with Crippen molar-refractivity contribution in [3.63, 3.8) is 0 Å². The number of aryl methyl sites for hydroxylation is 1. The molecule has 8 nitrogen and oxygen atoms in total. The van der Waals surface area contributed by atoms with Gasteiger partial charge < -0.3 is 20.1 Å². The van der Waals surface area contributed by atoms with Crippen LogP contribution in [0.4, 0.5) is 0 Å². The van der Waals surface area contributed by atoms with Crippen LogP contribution in [0.3, 0.4) is 0 Å². The normalized spacial score (nSPS) is 10.9. The van der Waals surface area contributed by atoms with Crippen LogP contribution in [0.5, 0.6) is 11.5 Å². The largest absolute Gasteiger partial charge is 0.490 e. The average Bonchev–Trinajstić information content (AvgIpc) is 3.07. The summed E-state index contributed by atoms with van der Waals surface area (Å²) in [5, 5.41) is 10.7. The van der Waals surface area contributed by atoms with E-state index in [0.29, 0.717) is 19.8 Å². The monoisotopic (exact) mass is 502 g/mol. The average molecular weight is 502 g/mol. The minimum absolute atomic E-state index is 0. The molecule has 0 atom stereocenters. The third-order valence-electron chi connectivity index (χ3n) is 3.84. The lowest BCUT2D eigenvalue weighted by atomic mass is 10.1. The number of nitrogens with one attached hydrogen (secondary N) is 2. The Morgan fingerprint density at radius 2 is 1.86 bits per heavy atom. The Bertz CT molecular complexity index is 735. The number of aromatic nitrogens is 3. The van der Waals surface area contributed by atoms with Gasteiger partial charge in [0.05, 0.1) is 13.2 Å². The molecule has 0 bridgehead atoms. The summed E-state index contributed by atoms with van der Waals surface area (Å²) in [5.74, 6) is 3.16. The first-order chi connectivity index (χ1) is 13.2. The third kappa shape index (κ3) is 7.53. The fourth-order valence-corrected chi connectivity index (χ4v) is 2.53. The molecule has 1 aromatic heterocycles. The summed E-state index contributed by atoms with van der Waals surface area (Å²) < 4.78 is 13.0. The van der Waals surface area contributed by atoms with Crippen LogP contribution in [0.1, 0.15) is 32.2 Å². The summed E-state index contributed by atoms with van der Waals surface area (Å²) in [6, 6.07) is 6.08. The number of ether oxygens (including phenoxy) is 2. The molecule has 2 rings (SSSR count). The van der Waals surface area contributed by atoms with Crippen molar-refractivity contribution >= 4 is 29.9 Å². The zero-order valence-corrected chi connectivity index (χ0v) is 19.4. The summed E-state index contributed by atoms with van der Waals surface area (Å²) in [6.45, 7) is 9.24. The van der Waals surface area contributed by atoms with Gasteiger partial charge in [-0.2, -0.15) is 5.10 Å². The predicted molar refractivity (Wildman–Crippen MR) is 122 cm³/mol. The highest BCUT2D eigenvalue weighted by Crippen LogP contribution is 2.28. The lowest BCUT2D eigenvalue weighted by molar-refractivity contribution is 0.287. The topological polar surface area (TPSA) is 85.6 Å². The zero-order valence-electron chi connectivity index (χ0n) is 17.1. The maximum atomic E-state index is 5.69. The van der Waals surface area contributed by atoms with Crippen LogP contribution < -0.4 is 20.1 Å². The first kappa shape index (κ1) is 24.0. The lowest BCUT2D eigenvalue weighted by Gasteiger charge is -2.14. The number of rotatable bonds is 10. The first-order valence-corrected chi connectivity index (χ1v) is 9.41. The van der Waals surface area contributed by atoms with E-state index < -0.39 is 0 Å². The van der Waals surface area contributed by atoms with Crippen molar-refractivity contribution in [1.82, 2.24) is 25.4 Å². The van der Waals surface area contributed by atoms with E-state index in [2.05, 4.69) is 31.8 Å². The van der Waals surface area contributed by atoms with Crippen LogP contribution in [0.25, 0.3) is 0 Å². The van der Waals surface area contributed by atoms with Crippen molar-refractivity contribution in [2.45, 2.75) is 33.7 Å². The summed E-state index contributed by atoms with van der Waals surface area (Å²) in [7, 11) is 1.86. The standard InChI is InChI=1S/C19H30N6O2.HI/c1-5-20-19(22-13-18-23-14-24-25(18)4)21-11-10-15-8-9-16(26-6-2)17(12-15)27-7-3;/h8-9,12,14H,5-7,10-11,13H2,1-4H3,(H2,20,21,22);1H. The molecule has 1 heterocycles. The van der Waals surface area contributed by atoms with Gasteiger partial charge in [-0.05, 0) is 44.9 Å². The SMILES string of the molecule is CCNC(=NCc1ncnn1C)NCCc1ccc(OCC)c(OCC)c1.I. The van der Waals surface area contributed by atoms with Gasteiger partial charge in [0.2, 0.25) is 0 Å². The molecule has 0 saturated heterocycles. The van der Waals surface area contributed by atoms with Gasteiger partial charge in [0.15, 0.2) is 17.5 Å². The molecule has 9 heteroatoms. The number of benzene rings is 1. The fourth-order valence-electron chi connectivity index (χ4n) is 2.53. The van der Waals surface area contributed by atoms with Crippen LogP contribution in [-0.2, 0) is 20.0 Å². The van der Waals surface area contributed by atoms with Gasteiger partial charge in [0.25, 0.3) is 0 Å². The molecule has 0 amide bonds. The quantitative estimate of drug-likeness (QED) is 0.295. The smallest absolute Gasteiger partial charge is 0.191 e. The second-order valence-electron chi connectivity index (χ2n) is 5.82. The highest BCUT2D eigenvalue weighted by molar-refractivity contribution is 14.0. The molecule has 2 N–H and O–H groups in total. The Labute approximate surface area is 184 Å². The third-order valence-corrected chi connectivity index (χ3v) is 3.84. The number of halogens is 1. The Kier molecular flexibility index (Phi) is 11.3. The second kappa shape index (κ2) is 13.2. The van der Waals surface area contributed by atoms with Crippen molar-refractivity contribution in [3.05, 3.63) is 35.9 Å². The van der Waals surface area contributed by atoms with Crippen LogP contribution in [0.2, 0.25) is 0 Å². The molecule has 0 fully saturated rings. The lowest BCUT2D eigenvalue weighted by Crippen LogP contribution is -2.38. The molecule has 0 aliphatic carbocycles. The zero-order chi connectivity index (χ0) is 19.5. The Morgan fingerprint density at radius 3 is 2.50 bits per heavy atom. The molecule has 0 aliphatic rings. The molecule has 0 spiro atoms. The Hall–Kier alpha value is -2.04. The molecule has 2 aromatic rings. The summed E-state index contributed by atoms with van der Waals surface area (Å²) in [4.78, 5) is 8.75. The van der Waals surface area contributed by atoms with Gasteiger partial charge in [-0.15, -0.1) is 24.0 Å². The molecule has 156 valence electrons. The number of hydrogen-bond acceptors (Lipinski definition) is 5. The number of aliphatic imine (C=N–C) groups is 1. The number of hydrogen-bond donors (Lipinski definition) is 2. The Balaban J connectivity index is 0.00000392. The number of nitrogens with zero attached hydrogens (tertiary/aromatic N) is 4. The highest BCUT2D eigenvalue weighted by Gasteiger charge is 2.07. The van der Waals surface area contributed by atoms with Crippen molar-refractivity contribution in [1.29, 1.82) is 0 Å². The fraction of sp³-hybridized carbons (Fsp3) is 0.526. The van der Waals surface area contributed by atoms with Gasteiger partial charge in [-0.3, -0.25) is 4.68 Å².